The molecule has 1 aliphatic rings. The molecule has 2 heteroatoms. The van der Waals surface area contributed by atoms with Crippen LogP contribution in [0.4, 0.5) is 0 Å². The van der Waals surface area contributed by atoms with Crippen molar-refractivity contribution in [3.63, 3.8) is 0 Å². The Hall–Kier alpha value is -0.0800. The van der Waals surface area contributed by atoms with Gasteiger partial charge in [0.25, 0.3) is 0 Å². The molecule has 0 heterocycles. The van der Waals surface area contributed by atoms with Crippen LogP contribution in [0.15, 0.2) is 0 Å². The zero-order valence-corrected chi connectivity index (χ0v) is 11.6. The fourth-order valence-electron chi connectivity index (χ4n) is 3.33. The first kappa shape index (κ1) is 14.0. The van der Waals surface area contributed by atoms with Gasteiger partial charge in [-0.2, -0.15) is 0 Å². The van der Waals surface area contributed by atoms with Crippen LogP contribution < -0.4 is 5.73 Å². The highest BCUT2D eigenvalue weighted by Gasteiger charge is 2.41. The van der Waals surface area contributed by atoms with Gasteiger partial charge in [-0.1, -0.05) is 27.2 Å². The molecule has 0 aromatic rings. The Balaban J connectivity index is 2.67. The van der Waals surface area contributed by atoms with E-state index in [1.165, 1.54) is 38.6 Å². The summed E-state index contributed by atoms with van der Waals surface area (Å²) >= 11 is 0. The van der Waals surface area contributed by atoms with Crippen molar-refractivity contribution < 1.29 is 0 Å². The van der Waals surface area contributed by atoms with E-state index in [2.05, 4.69) is 32.7 Å². The van der Waals surface area contributed by atoms with E-state index >= 15 is 0 Å². The Kier molecular flexibility index (Phi) is 5.26. The molecule has 96 valence electrons. The van der Waals surface area contributed by atoms with Crippen LogP contribution in [0, 0.1) is 11.8 Å². The highest BCUT2D eigenvalue weighted by Crippen LogP contribution is 2.39. The number of hydrogen-bond donors (Lipinski definition) is 1. The van der Waals surface area contributed by atoms with Gasteiger partial charge in [-0.3, -0.25) is 4.90 Å². The second-order valence-corrected chi connectivity index (χ2v) is 5.86. The van der Waals surface area contributed by atoms with Crippen LogP contribution in [0.25, 0.3) is 0 Å². The topological polar surface area (TPSA) is 29.3 Å². The first-order valence-electron chi connectivity index (χ1n) is 6.98. The Morgan fingerprint density at radius 2 is 2.06 bits per heavy atom. The van der Waals surface area contributed by atoms with Gasteiger partial charge in [0, 0.05) is 12.1 Å². The Bertz CT molecular complexity index is 205. The van der Waals surface area contributed by atoms with Crippen LogP contribution in [0.3, 0.4) is 0 Å². The minimum atomic E-state index is 0.279. The maximum absolute atomic E-state index is 6.11. The van der Waals surface area contributed by atoms with Gasteiger partial charge < -0.3 is 5.73 Å². The van der Waals surface area contributed by atoms with Gasteiger partial charge in [-0.15, -0.1) is 0 Å². The van der Waals surface area contributed by atoms with Crippen molar-refractivity contribution in [2.24, 2.45) is 17.6 Å². The van der Waals surface area contributed by atoms with E-state index in [0.29, 0.717) is 0 Å². The predicted octanol–water partition coefficient (Wildman–Crippen LogP) is 2.87. The summed E-state index contributed by atoms with van der Waals surface area (Å²) in [6, 6.07) is 0. The number of likely N-dealkylation sites (N-methyl/N-ethyl adjacent to an activating group) is 1. The maximum Gasteiger partial charge on any atom is 0.0354 e. The molecule has 2 nitrogen and oxygen atoms in total. The molecule has 0 aliphatic heterocycles. The molecular formula is C14H30N2. The summed E-state index contributed by atoms with van der Waals surface area (Å²) in [6.07, 6.45) is 6.54. The lowest BCUT2D eigenvalue weighted by Crippen LogP contribution is -2.58. The Labute approximate surface area is 102 Å². The summed E-state index contributed by atoms with van der Waals surface area (Å²) < 4.78 is 0. The van der Waals surface area contributed by atoms with Crippen molar-refractivity contribution in [2.75, 3.05) is 20.1 Å². The minimum Gasteiger partial charge on any atom is -0.329 e. The second kappa shape index (κ2) is 6.02. The van der Waals surface area contributed by atoms with Gasteiger partial charge >= 0.3 is 0 Å². The van der Waals surface area contributed by atoms with Crippen LogP contribution in [0.2, 0.25) is 0 Å². The fraction of sp³-hybridized carbons (Fsp3) is 1.00. The summed E-state index contributed by atoms with van der Waals surface area (Å²) in [5.41, 5.74) is 6.38. The first-order chi connectivity index (χ1) is 7.56. The molecule has 1 aliphatic carbocycles. The molecule has 0 spiro atoms. The smallest absolute Gasteiger partial charge is 0.0354 e. The van der Waals surface area contributed by atoms with Crippen LogP contribution in [-0.4, -0.2) is 30.6 Å². The molecular weight excluding hydrogens is 196 g/mol. The molecule has 3 atom stereocenters. The van der Waals surface area contributed by atoms with Gasteiger partial charge in [-0.25, -0.2) is 0 Å². The lowest BCUT2D eigenvalue weighted by Gasteiger charge is -2.50. The molecule has 0 radical (unpaired) electrons. The van der Waals surface area contributed by atoms with E-state index in [0.717, 1.165) is 18.4 Å². The molecule has 0 aromatic carbocycles. The summed E-state index contributed by atoms with van der Waals surface area (Å²) in [5.74, 6) is 1.62. The molecule has 0 saturated heterocycles. The second-order valence-electron chi connectivity index (χ2n) is 5.86. The first-order valence-corrected chi connectivity index (χ1v) is 6.98. The maximum atomic E-state index is 6.11. The number of nitrogens with zero attached hydrogens (tertiary/aromatic N) is 1. The normalized spacial score (nSPS) is 35.6. The molecule has 16 heavy (non-hydrogen) atoms. The molecule has 0 amide bonds. The van der Waals surface area contributed by atoms with E-state index in [1.54, 1.807) is 0 Å². The third-order valence-corrected chi connectivity index (χ3v) is 4.70. The molecule has 3 unspecified atom stereocenters. The number of rotatable bonds is 5. The lowest BCUT2D eigenvalue weighted by molar-refractivity contribution is 0.0175. The predicted molar refractivity (Wildman–Crippen MR) is 71.5 cm³/mol. The molecule has 0 bridgehead atoms. The highest BCUT2D eigenvalue weighted by atomic mass is 15.2. The number of nitrogens with two attached hydrogens (primary N) is 1. The molecule has 2 N–H and O–H groups in total. The van der Waals surface area contributed by atoms with E-state index in [4.69, 9.17) is 5.73 Å². The average Bonchev–Trinajstić information content (AvgIpc) is 2.27. The van der Waals surface area contributed by atoms with E-state index in [9.17, 15) is 0 Å². The molecule has 1 rings (SSSR count). The summed E-state index contributed by atoms with van der Waals surface area (Å²) in [4.78, 5) is 2.55. The zero-order chi connectivity index (χ0) is 12.2. The van der Waals surface area contributed by atoms with E-state index in [-0.39, 0.29) is 5.54 Å². The number of unbranched alkanes of at least 4 members (excludes halogenated alkanes) is 1. The molecule has 1 saturated carbocycles. The number of hydrogen-bond acceptors (Lipinski definition) is 2. The highest BCUT2D eigenvalue weighted by molar-refractivity contribution is 4.98. The third kappa shape index (κ3) is 2.78. The average molecular weight is 226 g/mol. The summed E-state index contributed by atoms with van der Waals surface area (Å²) in [6.45, 7) is 9.05. The zero-order valence-electron chi connectivity index (χ0n) is 11.6. The molecule has 1 fully saturated rings. The minimum absolute atomic E-state index is 0.279. The van der Waals surface area contributed by atoms with E-state index in [1.807, 2.05) is 0 Å². The van der Waals surface area contributed by atoms with Crippen molar-refractivity contribution >= 4 is 0 Å². The van der Waals surface area contributed by atoms with Crippen LogP contribution in [0.1, 0.15) is 52.9 Å². The fourth-order valence-corrected chi connectivity index (χ4v) is 3.33. The largest absolute Gasteiger partial charge is 0.329 e. The summed E-state index contributed by atoms with van der Waals surface area (Å²) in [5, 5.41) is 0. The van der Waals surface area contributed by atoms with Crippen molar-refractivity contribution in [1.29, 1.82) is 0 Å². The van der Waals surface area contributed by atoms with Gasteiger partial charge in [-0.05, 0) is 51.1 Å². The summed E-state index contributed by atoms with van der Waals surface area (Å²) in [7, 11) is 2.27. The van der Waals surface area contributed by atoms with E-state index < -0.39 is 0 Å². The van der Waals surface area contributed by atoms with Crippen LogP contribution in [-0.2, 0) is 0 Å². The van der Waals surface area contributed by atoms with Gasteiger partial charge in [0.05, 0.1) is 0 Å². The van der Waals surface area contributed by atoms with Crippen molar-refractivity contribution in [3.05, 3.63) is 0 Å². The Morgan fingerprint density at radius 1 is 1.38 bits per heavy atom. The third-order valence-electron chi connectivity index (χ3n) is 4.70. The van der Waals surface area contributed by atoms with Crippen LogP contribution in [0.5, 0.6) is 0 Å². The molecule has 0 aromatic heterocycles. The van der Waals surface area contributed by atoms with Crippen LogP contribution >= 0.6 is 0 Å². The van der Waals surface area contributed by atoms with Crippen molar-refractivity contribution in [2.45, 2.75) is 58.4 Å². The Morgan fingerprint density at radius 3 is 2.56 bits per heavy atom. The van der Waals surface area contributed by atoms with Gasteiger partial charge in [0.15, 0.2) is 0 Å². The van der Waals surface area contributed by atoms with Crippen molar-refractivity contribution in [1.82, 2.24) is 4.90 Å². The lowest BCUT2D eigenvalue weighted by atomic mass is 9.69. The monoisotopic (exact) mass is 226 g/mol. The van der Waals surface area contributed by atoms with Gasteiger partial charge in [0.2, 0.25) is 0 Å². The SMILES string of the molecule is CCCCN(C)C1(CN)CCC(C)CC1C. The quantitative estimate of drug-likeness (QED) is 0.781. The van der Waals surface area contributed by atoms with Crippen molar-refractivity contribution in [3.8, 4) is 0 Å². The van der Waals surface area contributed by atoms with Gasteiger partial charge in [0.1, 0.15) is 0 Å². The standard InChI is InChI=1S/C14H30N2/c1-5-6-9-16(4)14(11-15)8-7-12(2)10-13(14)3/h12-13H,5-11,15H2,1-4H3.